The summed E-state index contributed by atoms with van der Waals surface area (Å²) in [5.41, 5.74) is -1.12. The third-order valence-electron chi connectivity index (χ3n) is 1.71. The van der Waals surface area contributed by atoms with Crippen LogP contribution in [0.4, 0.5) is 0 Å². The minimum atomic E-state index is -1.33. The van der Waals surface area contributed by atoms with E-state index in [0.29, 0.717) is 0 Å². The number of rotatable bonds is 1. The minimum absolute atomic E-state index is 0.00926. The molecular weight excluding hydrogens is 210 g/mol. The molecule has 2 heterocycles. The summed E-state index contributed by atoms with van der Waals surface area (Å²) in [5.74, 6) is -1.33. The van der Waals surface area contributed by atoms with Gasteiger partial charge in [0, 0.05) is 6.20 Å². The van der Waals surface area contributed by atoms with E-state index in [1.54, 1.807) is 0 Å². The van der Waals surface area contributed by atoms with Crippen LogP contribution >= 0.6 is 11.6 Å². The van der Waals surface area contributed by atoms with Crippen LogP contribution in [0.3, 0.4) is 0 Å². The van der Waals surface area contributed by atoms with Gasteiger partial charge in [0.05, 0.1) is 0 Å². The van der Waals surface area contributed by atoms with Gasteiger partial charge < -0.3 is 5.11 Å². The summed E-state index contributed by atoms with van der Waals surface area (Å²) in [6, 6.07) is 1.44. The zero-order valence-electron chi connectivity index (χ0n) is 6.69. The zero-order valence-corrected chi connectivity index (χ0v) is 7.45. The standard InChI is InChI=1S/C7H4ClN3O3/c8-3-1-2-9-5-4(7(13)14)6(12)10-11(3)5/h1-2H,(H,10,12)(H,13,14). The number of aromatic nitrogens is 3. The fourth-order valence-corrected chi connectivity index (χ4v) is 1.32. The largest absolute Gasteiger partial charge is 0.477 e. The van der Waals surface area contributed by atoms with E-state index >= 15 is 0 Å². The molecule has 0 bridgehead atoms. The van der Waals surface area contributed by atoms with E-state index in [1.807, 2.05) is 0 Å². The maximum atomic E-state index is 11.2. The lowest BCUT2D eigenvalue weighted by molar-refractivity contribution is 0.0697. The predicted molar refractivity (Wildman–Crippen MR) is 47.8 cm³/mol. The van der Waals surface area contributed by atoms with Crippen molar-refractivity contribution in [1.29, 1.82) is 0 Å². The summed E-state index contributed by atoms with van der Waals surface area (Å²) >= 11 is 5.71. The number of H-pyrrole nitrogens is 1. The highest BCUT2D eigenvalue weighted by Crippen LogP contribution is 2.10. The lowest BCUT2D eigenvalue weighted by atomic mass is 10.3. The Morgan fingerprint density at radius 2 is 2.36 bits per heavy atom. The molecule has 6 nitrogen and oxygen atoms in total. The molecule has 14 heavy (non-hydrogen) atoms. The molecule has 0 atom stereocenters. The highest BCUT2D eigenvalue weighted by Gasteiger charge is 2.17. The first-order valence-electron chi connectivity index (χ1n) is 3.60. The van der Waals surface area contributed by atoms with Gasteiger partial charge in [0.25, 0.3) is 5.56 Å². The van der Waals surface area contributed by atoms with E-state index in [1.165, 1.54) is 12.3 Å². The van der Waals surface area contributed by atoms with Crippen molar-refractivity contribution in [1.82, 2.24) is 14.6 Å². The summed E-state index contributed by atoms with van der Waals surface area (Å²) in [5, 5.41) is 11.2. The molecule has 0 radical (unpaired) electrons. The van der Waals surface area contributed by atoms with Gasteiger partial charge in [-0.05, 0) is 6.07 Å². The number of carbonyl (C=O) groups is 1. The van der Waals surface area contributed by atoms with Crippen LogP contribution in [0.2, 0.25) is 5.15 Å². The molecule has 2 aromatic rings. The van der Waals surface area contributed by atoms with Crippen LogP contribution in [0.15, 0.2) is 17.1 Å². The van der Waals surface area contributed by atoms with Crippen LogP contribution in [0.25, 0.3) is 5.65 Å². The van der Waals surface area contributed by atoms with Crippen LogP contribution in [-0.2, 0) is 0 Å². The molecule has 0 aliphatic carbocycles. The van der Waals surface area contributed by atoms with Gasteiger partial charge in [0.1, 0.15) is 5.15 Å². The van der Waals surface area contributed by atoms with E-state index in [2.05, 4.69) is 10.1 Å². The number of aromatic carboxylic acids is 1. The SMILES string of the molecule is O=C(O)c1c(=O)[nH]n2c(Cl)ccnc12. The molecule has 0 aliphatic heterocycles. The third-order valence-corrected chi connectivity index (χ3v) is 2.01. The quantitative estimate of drug-likeness (QED) is 0.670. The van der Waals surface area contributed by atoms with Crippen molar-refractivity contribution < 1.29 is 9.90 Å². The number of halogens is 1. The molecular formula is C7H4ClN3O3. The zero-order chi connectivity index (χ0) is 10.3. The lowest BCUT2D eigenvalue weighted by Gasteiger charge is -1.94. The number of hydrogen-bond acceptors (Lipinski definition) is 3. The molecule has 2 aromatic heterocycles. The summed E-state index contributed by atoms with van der Waals surface area (Å²) in [7, 11) is 0. The number of fused-ring (bicyclic) bond motifs is 1. The fourth-order valence-electron chi connectivity index (χ4n) is 1.14. The Labute approximate surface area is 81.7 Å². The Balaban J connectivity index is 2.98. The molecule has 0 unspecified atom stereocenters. The van der Waals surface area contributed by atoms with Gasteiger partial charge in [-0.1, -0.05) is 11.6 Å². The Hall–Kier alpha value is -1.82. The molecule has 0 saturated heterocycles. The van der Waals surface area contributed by atoms with Crippen molar-refractivity contribution >= 4 is 23.2 Å². The summed E-state index contributed by atoms with van der Waals surface area (Å²) < 4.78 is 1.12. The Kier molecular flexibility index (Phi) is 1.78. The van der Waals surface area contributed by atoms with E-state index in [4.69, 9.17) is 16.7 Å². The number of nitrogens with one attached hydrogen (secondary N) is 1. The first-order valence-corrected chi connectivity index (χ1v) is 3.97. The summed E-state index contributed by atoms with van der Waals surface area (Å²) in [6.07, 6.45) is 1.33. The molecule has 2 rings (SSSR count). The highest BCUT2D eigenvalue weighted by atomic mass is 35.5. The number of hydrogen-bond donors (Lipinski definition) is 2. The fraction of sp³-hybridized carbons (Fsp3) is 0. The van der Waals surface area contributed by atoms with E-state index in [0.717, 1.165) is 4.52 Å². The maximum Gasteiger partial charge on any atom is 0.345 e. The highest BCUT2D eigenvalue weighted by molar-refractivity contribution is 6.29. The number of carboxylic acids is 1. The van der Waals surface area contributed by atoms with Gasteiger partial charge in [0.2, 0.25) is 0 Å². The monoisotopic (exact) mass is 213 g/mol. The molecule has 0 fully saturated rings. The van der Waals surface area contributed by atoms with Crippen molar-refractivity contribution in [2.45, 2.75) is 0 Å². The van der Waals surface area contributed by atoms with Crippen molar-refractivity contribution in [3.05, 3.63) is 33.3 Å². The van der Waals surface area contributed by atoms with Crippen LogP contribution < -0.4 is 5.56 Å². The molecule has 0 aliphatic rings. The average Bonchev–Trinajstić information content (AvgIpc) is 2.42. The normalized spacial score (nSPS) is 10.6. The third kappa shape index (κ3) is 1.08. The first kappa shape index (κ1) is 8.76. The Morgan fingerprint density at radius 1 is 1.64 bits per heavy atom. The van der Waals surface area contributed by atoms with Crippen molar-refractivity contribution in [3.63, 3.8) is 0 Å². The molecule has 0 spiro atoms. The van der Waals surface area contributed by atoms with Gasteiger partial charge in [-0.2, -0.15) is 0 Å². The van der Waals surface area contributed by atoms with E-state index < -0.39 is 17.1 Å². The van der Waals surface area contributed by atoms with Crippen LogP contribution in [0.1, 0.15) is 10.4 Å². The lowest BCUT2D eigenvalue weighted by Crippen LogP contribution is -2.11. The second-order valence-corrected chi connectivity index (χ2v) is 2.93. The maximum absolute atomic E-state index is 11.2. The summed E-state index contributed by atoms with van der Waals surface area (Å²) in [6.45, 7) is 0. The van der Waals surface area contributed by atoms with Crippen LogP contribution in [-0.4, -0.2) is 25.7 Å². The molecule has 0 saturated carbocycles. The van der Waals surface area contributed by atoms with E-state index in [-0.39, 0.29) is 10.8 Å². The van der Waals surface area contributed by atoms with Gasteiger partial charge in [-0.15, -0.1) is 0 Å². The van der Waals surface area contributed by atoms with Crippen molar-refractivity contribution in [3.8, 4) is 0 Å². The second-order valence-electron chi connectivity index (χ2n) is 2.55. The van der Waals surface area contributed by atoms with Gasteiger partial charge >= 0.3 is 5.97 Å². The number of nitrogens with zero attached hydrogens (tertiary/aromatic N) is 2. The molecule has 7 heteroatoms. The van der Waals surface area contributed by atoms with Crippen molar-refractivity contribution in [2.24, 2.45) is 0 Å². The van der Waals surface area contributed by atoms with Crippen LogP contribution in [0, 0.1) is 0 Å². The average molecular weight is 214 g/mol. The topological polar surface area (TPSA) is 87.5 Å². The molecule has 0 aromatic carbocycles. The van der Waals surface area contributed by atoms with Crippen LogP contribution in [0.5, 0.6) is 0 Å². The second kappa shape index (κ2) is 2.85. The molecule has 2 N–H and O–H groups in total. The molecule has 72 valence electrons. The van der Waals surface area contributed by atoms with E-state index in [9.17, 15) is 9.59 Å². The minimum Gasteiger partial charge on any atom is -0.477 e. The predicted octanol–water partition coefficient (Wildman–Crippen LogP) is 0.374. The molecule has 0 amide bonds. The van der Waals surface area contributed by atoms with Gasteiger partial charge in [-0.25, -0.2) is 14.3 Å². The van der Waals surface area contributed by atoms with Gasteiger partial charge in [0.15, 0.2) is 11.2 Å². The number of aromatic amines is 1. The Morgan fingerprint density at radius 3 is 3.00 bits per heavy atom. The smallest absolute Gasteiger partial charge is 0.345 e. The Bertz CT molecular complexity index is 571. The number of carboxylic acid groups (broad SMARTS) is 1. The summed E-state index contributed by atoms with van der Waals surface area (Å²) in [4.78, 5) is 25.6. The first-order chi connectivity index (χ1) is 6.61. The van der Waals surface area contributed by atoms with Crippen molar-refractivity contribution in [2.75, 3.05) is 0 Å². The van der Waals surface area contributed by atoms with Gasteiger partial charge in [-0.3, -0.25) is 9.89 Å².